The van der Waals surface area contributed by atoms with Crippen LogP contribution in [0.1, 0.15) is 0 Å². The Hall–Kier alpha value is 0.307. The van der Waals surface area contributed by atoms with Crippen molar-refractivity contribution in [3.8, 4) is 0 Å². The van der Waals surface area contributed by atoms with Gasteiger partial charge in [0.1, 0.15) is 18.2 Å². The minimum atomic E-state index is 0.881. The second kappa shape index (κ2) is 3.31. The Kier molecular flexibility index (Phi) is 3.56. The summed E-state index contributed by atoms with van der Waals surface area (Å²) >= 11 is 0. The molecule has 0 N–H and O–H groups in total. The van der Waals surface area contributed by atoms with E-state index in [0.717, 1.165) is 17.9 Å². The maximum atomic E-state index is 4.68. The molecule has 0 spiro atoms. The van der Waals surface area contributed by atoms with E-state index in [1.165, 1.54) is 0 Å². The van der Waals surface area contributed by atoms with E-state index in [9.17, 15) is 0 Å². The zero-order valence-corrected chi connectivity index (χ0v) is 5.12. The normalized spacial score (nSPS) is 7.00. The maximum Gasteiger partial charge on any atom is 0.213 e. The van der Waals surface area contributed by atoms with Crippen LogP contribution in [0, 0.1) is 0 Å². The van der Waals surface area contributed by atoms with E-state index in [1.807, 2.05) is 7.74 Å². The molecule has 22 valence electrons. The molecule has 0 saturated carbocycles. The first-order chi connectivity index (χ1) is 1.91. The van der Waals surface area contributed by atoms with E-state index >= 15 is 0 Å². The van der Waals surface area contributed by atoms with Gasteiger partial charge in [-0.25, -0.2) is 0 Å². The van der Waals surface area contributed by atoms with Gasteiger partial charge in [0.25, 0.3) is 0 Å². The van der Waals surface area contributed by atoms with E-state index in [1.54, 1.807) is 0 Å². The third-order valence-electron chi connectivity index (χ3n) is 0.289. The summed E-state index contributed by atoms with van der Waals surface area (Å²) in [6, 6.07) is 0. The lowest BCUT2D eigenvalue weighted by molar-refractivity contribution is 0.683. The summed E-state index contributed by atoms with van der Waals surface area (Å²) in [5, 5.41) is 0. The minimum Gasteiger partial charge on any atom is -0.493 e. The highest BCUT2D eigenvalue weighted by Crippen LogP contribution is 1.36. The Morgan fingerprint density at radius 2 is 2.25 bits per heavy atom. The molecule has 0 aromatic carbocycles. The first-order valence-corrected chi connectivity index (χ1v) is 2.22. The largest absolute Gasteiger partial charge is 0.493 e. The highest BCUT2D eigenvalue weighted by molar-refractivity contribution is 6.86. The minimum absolute atomic E-state index is 0.881. The first-order valence-electron chi connectivity index (χ1n) is 1.40. The van der Waals surface area contributed by atoms with Crippen molar-refractivity contribution in [2.45, 2.75) is 0 Å². The van der Waals surface area contributed by atoms with Gasteiger partial charge in [0.15, 0.2) is 0 Å². The van der Waals surface area contributed by atoms with Gasteiger partial charge in [-0.3, -0.25) is 0 Å². The summed E-state index contributed by atoms with van der Waals surface area (Å²) in [5.41, 5.74) is 0. The van der Waals surface area contributed by atoms with E-state index < -0.39 is 0 Å². The van der Waals surface area contributed by atoms with E-state index in [2.05, 4.69) is 4.34 Å². The maximum absolute atomic E-state index is 4.68. The average molecular weight is 71.8 g/mol. The van der Waals surface area contributed by atoms with Crippen LogP contribution in [0.2, 0.25) is 0 Å². The lowest BCUT2D eigenvalue weighted by atomic mass is 9.73. The van der Waals surface area contributed by atoms with Crippen LogP contribution in [0.4, 0.5) is 0 Å². The van der Waals surface area contributed by atoms with Gasteiger partial charge in [0, 0.05) is 0 Å². The number of hydrogen-bond donors (Lipinski definition) is 0. The molecule has 0 heterocycles. The topological polar surface area (TPSA) is 9.23 Å². The lowest BCUT2D eigenvalue weighted by Crippen LogP contribution is -1.90. The summed E-state index contributed by atoms with van der Waals surface area (Å²) < 4.78 is 4.68. The Bertz CT molecular complexity index is 8.00. The molecule has 0 amide bonds. The summed E-state index contributed by atoms with van der Waals surface area (Å²) in [6.07, 6.45) is 0. The molecule has 0 fully saturated rings. The summed E-state index contributed by atoms with van der Waals surface area (Å²) in [5.74, 6) is 0. The van der Waals surface area contributed by atoms with Crippen LogP contribution < -0.4 is 0 Å². The average Bonchev–Trinajstić information content (AvgIpc) is 1.37. The molecule has 0 aromatic heterocycles. The van der Waals surface area contributed by atoms with Crippen LogP contribution >= 0.6 is 0 Å². The lowest BCUT2D eigenvalue weighted by Gasteiger charge is -1.74. The fourth-order valence-electron chi connectivity index (χ4n) is 0. The van der Waals surface area contributed by atoms with Crippen LogP contribution in [-0.2, 0) is 4.34 Å². The van der Waals surface area contributed by atoms with Crippen molar-refractivity contribution in [1.82, 2.24) is 0 Å². The van der Waals surface area contributed by atoms with Crippen molar-refractivity contribution < 1.29 is 4.34 Å². The molecule has 0 saturated heterocycles. The van der Waals surface area contributed by atoms with Gasteiger partial charge in [0.2, 0.25) is 7.37 Å². The van der Waals surface area contributed by atoms with E-state index in [4.69, 9.17) is 0 Å². The van der Waals surface area contributed by atoms with Crippen molar-refractivity contribution in [2.75, 3.05) is 0 Å². The molecule has 0 bridgehead atoms. The predicted octanol–water partition coefficient (Wildman–Crippen LogP) is -2.82. The molecule has 0 atom stereocenters. The summed E-state index contributed by atoms with van der Waals surface area (Å²) in [6.45, 7) is 0. The van der Waals surface area contributed by atoms with Gasteiger partial charge in [-0.05, 0) is 0 Å². The molecule has 0 aliphatic heterocycles. The second-order valence-electron chi connectivity index (χ2n) is 0.577. The quantitative estimate of drug-likeness (QED) is 0.303. The van der Waals surface area contributed by atoms with E-state index in [0.29, 0.717) is 0 Å². The van der Waals surface area contributed by atoms with Gasteiger partial charge in [-0.1, -0.05) is 0 Å². The van der Waals surface area contributed by atoms with Crippen molar-refractivity contribution >= 4 is 25.6 Å². The molecule has 4 heteroatoms. The zero-order valence-electron chi connectivity index (χ0n) is 3.12. The zero-order chi connectivity index (χ0) is 3.41. The van der Waals surface area contributed by atoms with Gasteiger partial charge >= 0.3 is 0 Å². The van der Waals surface area contributed by atoms with Crippen molar-refractivity contribution in [3.05, 3.63) is 0 Å². The monoisotopic (exact) mass is 72.0 g/mol. The van der Waals surface area contributed by atoms with Gasteiger partial charge in [-0.15, -0.1) is 0 Å². The Labute approximate surface area is 30.9 Å². The molecular weight excluding hydrogens is 65.7 g/mol. The van der Waals surface area contributed by atoms with Crippen LogP contribution in [0.15, 0.2) is 0 Å². The smallest absolute Gasteiger partial charge is 0.213 e. The molecule has 0 aliphatic carbocycles. The van der Waals surface area contributed by atoms with Gasteiger partial charge in [0.05, 0.1) is 0 Å². The molecule has 4 heavy (non-hydrogen) atoms. The Balaban J connectivity index is 1.97. The molecule has 0 aromatic rings. The van der Waals surface area contributed by atoms with Crippen molar-refractivity contribution in [1.29, 1.82) is 0 Å². The number of hydrogen-bond acceptors (Lipinski definition) is 1. The second-order valence-corrected chi connectivity index (χ2v) is 1.15. The molecule has 1 nitrogen and oxygen atoms in total. The van der Waals surface area contributed by atoms with Gasteiger partial charge in [-0.2, -0.15) is 0 Å². The molecule has 0 aliphatic rings. The fraction of sp³-hybridized carbons (Fsp3) is 0. The highest BCUT2D eigenvalue weighted by atomic mass is 28.2. The predicted molar refractivity (Wildman–Crippen MR) is 26.7 cm³/mol. The third-order valence-corrected chi connectivity index (χ3v) is 0.866. The molecule has 0 radical (unpaired) electrons. The van der Waals surface area contributed by atoms with E-state index in [-0.39, 0.29) is 0 Å². The fourth-order valence-corrected chi connectivity index (χ4v) is 0. The summed E-state index contributed by atoms with van der Waals surface area (Å²) in [4.78, 5) is 0. The first kappa shape index (κ1) is 4.31. The van der Waals surface area contributed by atoms with Crippen molar-refractivity contribution in [3.63, 3.8) is 0 Å². The Morgan fingerprint density at radius 3 is 2.25 bits per heavy atom. The SMILES string of the molecule is BBO[SiH3]. The number of rotatable bonds is 1. The molecule has 0 rings (SSSR count). The van der Waals surface area contributed by atoms with Gasteiger partial charge < -0.3 is 4.34 Å². The van der Waals surface area contributed by atoms with Crippen molar-refractivity contribution in [2.24, 2.45) is 0 Å². The Morgan fingerprint density at radius 1 is 2.00 bits per heavy atom. The van der Waals surface area contributed by atoms with Crippen LogP contribution in [0.3, 0.4) is 0 Å². The molecular formula is H6B2OSi. The standard InChI is InChI=1S/B2H6OSi/c1-2-3-4/h2H,1H2,4H3. The van der Waals surface area contributed by atoms with Crippen LogP contribution in [-0.4, -0.2) is 25.6 Å². The van der Waals surface area contributed by atoms with Crippen LogP contribution in [0.5, 0.6) is 0 Å². The highest BCUT2D eigenvalue weighted by Gasteiger charge is 1.60. The third kappa shape index (κ3) is 2.31. The summed E-state index contributed by atoms with van der Waals surface area (Å²) in [7, 11) is 3.76. The molecule has 0 unspecified atom stereocenters. The van der Waals surface area contributed by atoms with Crippen LogP contribution in [0.25, 0.3) is 0 Å².